The Morgan fingerprint density at radius 1 is 1.10 bits per heavy atom. The number of allylic oxidation sites excluding steroid dienone is 1. The fourth-order valence-electron chi connectivity index (χ4n) is 5.14. The number of nitrogens with one attached hydrogen (secondary N) is 1. The van der Waals surface area contributed by atoms with Gasteiger partial charge in [0.25, 0.3) is 0 Å². The van der Waals surface area contributed by atoms with Crippen LogP contribution in [0, 0.1) is 12.3 Å². The van der Waals surface area contributed by atoms with Crippen LogP contribution in [0.2, 0.25) is 0 Å². The van der Waals surface area contributed by atoms with Gasteiger partial charge in [-0.05, 0) is 58.9 Å². The van der Waals surface area contributed by atoms with Crippen molar-refractivity contribution >= 4 is 43.7 Å². The van der Waals surface area contributed by atoms with Gasteiger partial charge in [0.2, 0.25) is 0 Å². The van der Waals surface area contributed by atoms with Gasteiger partial charge in [-0.25, -0.2) is 0 Å². The lowest BCUT2D eigenvalue weighted by molar-refractivity contribution is -0.118. The largest absolute Gasteiger partial charge is 0.496 e. The third-order valence-electron chi connectivity index (χ3n) is 6.61. The van der Waals surface area contributed by atoms with Crippen LogP contribution in [0.1, 0.15) is 49.4 Å². The number of carbonyl (C=O) groups excluding carboxylic acids is 1. The van der Waals surface area contributed by atoms with Crippen LogP contribution in [0.15, 0.2) is 58.6 Å². The van der Waals surface area contributed by atoms with E-state index in [-0.39, 0.29) is 17.2 Å². The number of halogens is 1. The maximum atomic E-state index is 13.5. The Kier molecular flexibility index (Phi) is 4.74. The smallest absolute Gasteiger partial charge is 0.162 e. The maximum Gasteiger partial charge on any atom is 0.162 e. The summed E-state index contributed by atoms with van der Waals surface area (Å²) in [5, 5.41) is 6.10. The second-order valence-corrected chi connectivity index (χ2v) is 10.3. The van der Waals surface area contributed by atoms with Gasteiger partial charge in [0, 0.05) is 33.3 Å². The number of anilines is 1. The first-order chi connectivity index (χ1) is 14.8. The van der Waals surface area contributed by atoms with Gasteiger partial charge in [-0.2, -0.15) is 0 Å². The number of hydrogen-bond donors (Lipinski definition) is 1. The van der Waals surface area contributed by atoms with E-state index in [1.807, 2.05) is 6.92 Å². The Morgan fingerprint density at radius 2 is 1.87 bits per heavy atom. The lowest BCUT2D eigenvalue weighted by Gasteiger charge is -2.40. The molecule has 0 amide bonds. The molecule has 1 unspecified atom stereocenters. The summed E-state index contributed by atoms with van der Waals surface area (Å²) in [6.07, 6.45) is 1.45. The number of hydrogen-bond acceptors (Lipinski definition) is 3. The number of benzene rings is 3. The van der Waals surface area contributed by atoms with Crippen molar-refractivity contribution in [3.8, 4) is 5.75 Å². The summed E-state index contributed by atoms with van der Waals surface area (Å²) in [5.41, 5.74) is 6.39. The number of carbonyl (C=O) groups is 1. The molecule has 2 aliphatic rings. The van der Waals surface area contributed by atoms with Crippen molar-refractivity contribution in [3.63, 3.8) is 0 Å². The Bertz CT molecular complexity index is 1270. The normalized spacial score (nSPS) is 19.6. The summed E-state index contributed by atoms with van der Waals surface area (Å²) in [7, 11) is 1.69. The first kappa shape index (κ1) is 20.3. The van der Waals surface area contributed by atoms with Crippen LogP contribution in [-0.4, -0.2) is 12.9 Å². The average Bonchev–Trinajstić information content (AvgIpc) is 2.73. The van der Waals surface area contributed by atoms with Gasteiger partial charge in [0.15, 0.2) is 5.78 Å². The highest BCUT2D eigenvalue weighted by molar-refractivity contribution is 9.10. The van der Waals surface area contributed by atoms with Crippen LogP contribution >= 0.6 is 15.9 Å². The molecule has 3 aromatic rings. The average molecular weight is 476 g/mol. The molecule has 0 saturated heterocycles. The third kappa shape index (κ3) is 3.28. The van der Waals surface area contributed by atoms with E-state index in [0.717, 1.165) is 39.0 Å². The monoisotopic (exact) mass is 475 g/mol. The van der Waals surface area contributed by atoms with Gasteiger partial charge in [-0.15, -0.1) is 0 Å². The topological polar surface area (TPSA) is 38.3 Å². The number of fused-ring (bicyclic) bond motifs is 4. The summed E-state index contributed by atoms with van der Waals surface area (Å²) >= 11 is 3.68. The first-order valence-electron chi connectivity index (χ1n) is 10.7. The summed E-state index contributed by atoms with van der Waals surface area (Å²) in [6, 6.07) is 16.7. The molecule has 0 aromatic heterocycles. The Labute approximate surface area is 191 Å². The number of rotatable bonds is 2. The molecule has 5 rings (SSSR count). The van der Waals surface area contributed by atoms with E-state index in [1.54, 1.807) is 7.11 Å². The minimum Gasteiger partial charge on any atom is -0.496 e. The third-order valence-corrected chi connectivity index (χ3v) is 7.44. The van der Waals surface area contributed by atoms with E-state index in [9.17, 15) is 4.79 Å². The minimum absolute atomic E-state index is 0.0580. The molecule has 1 heterocycles. The summed E-state index contributed by atoms with van der Waals surface area (Å²) in [6.45, 7) is 6.42. The molecule has 3 aromatic carbocycles. The molecule has 0 spiro atoms. The molecular weight excluding hydrogens is 450 g/mol. The summed E-state index contributed by atoms with van der Waals surface area (Å²) < 4.78 is 6.61. The quantitative estimate of drug-likeness (QED) is 0.424. The molecule has 1 aliphatic carbocycles. The molecule has 1 N–H and O–H groups in total. The van der Waals surface area contributed by atoms with Gasteiger partial charge in [0.05, 0.1) is 13.2 Å². The zero-order valence-corrected chi connectivity index (χ0v) is 19.9. The van der Waals surface area contributed by atoms with E-state index < -0.39 is 0 Å². The lowest BCUT2D eigenvalue weighted by atomic mass is 9.68. The molecular formula is C27H26BrNO2. The van der Waals surface area contributed by atoms with Crippen molar-refractivity contribution in [1.82, 2.24) is 0 Å². The molecule has 0 saturated carbocycles. The SMILES string of the molecule is COc1cc(C2Nc3ccc4ccccc4c3C3=C2C(=O)CC(C)(C)C3)cc(Br)c1C. The predicted octanol–water partition coefficient (Wildman–Crippen LogP) is 7.23. The van der Waals surface area contributed by atoms with E-state index in [1.165, 1.54) is 21.9 Å². The fourth-order valence-corrected chi connectivity index (χ4v) is 5.60. The molecule has 0 radical (unpaired) electrons. The van der Waals surface area contributed by atoms with E-state index >= 15 is 0 Å². The molecule has 31 heavy (non-hydrogen) atoms. The van der Waals surface area contributed by atoms with Crippen LogP contribution in [0.3, 0.4) is 0 Å². The van der Waals surface area contributed by atoms with E-state index in [0.29, 0.717) is 6.42 Å². The second kappa shape index (κ2) is 7.23. The first-order valence-corrected chi connectivity index (χ1v) is 11.5. The van der Waals surface area contributed by atoms with Crippen LogP contribution < -0.4 is 10.1 Å². The molecule has 158 valence electrons. The van der Waals surface area contributed by atoms with Gasteiger partial charge >= 0.3 is 0 Å². The van der Waals surface area contributed by atoms with E-state index in [2.05, 4.69) is 83.6 Å². The lowest BCUT2D eigenvalue weighted by Crippen LogP contribution is -2.33. The Hall–Kier alpha value is -2.59. The summed E-state index contributed by atoms with van der Waals surface area (Å²) in [4.78, 5) is 13.5. The minimum atomic E-state index is -0.196. The van der Waals surface area contributed by atoms with Crippen molar-refractivity contribution < 1.29 is 9.53 Å². The Balaban J connectivity index is 1.79. The second-order valence-electron chi connectivity index (χ2n) is 9.45. The van der Waals surface area contributed by atoms with Crippen LogP contribution in [0.25, 0.3) is 16.3 Å². The molecule has 1 atom stereocenters. The zero-order valence-electron chi connectivity index (χ0n) is 18.3. The summed E-state index contributed by atoms with van der Waals surface area (Å²) in [5.74, 6) is 1.05. The van der Waals surface area contributed by atoms with Gasteiger partial charge in [-0.1, -0.05) is 60.1 Å². The highest BCUT2D eigenvalue weighted by Gasteiger charge is 2.41. The van der Waals surface area contributed by atoms with Crippen molar-refractivity contribution in [2.24, 2.45) is 5.41 Å². The predicted molar refractivity (Wildman–Crippen MR) is 131 cm³/mol. The number of ether oxygens (including phenoxy) is 1. The number of methoxy groups -OCH3 is 1. The van der Waals surface area contributed by atoms with Crippen molar-refractivity contribution in [1.29, 1.82) is 0 Å². The Morgan fingerprint density at radius 3 is 2.65 bits per heavy atom. The van der Waals surface area contributed by atoms with Gasteiger partial charge < -0.3 is 10.1 Å². The van der Waals surface area contributed by atoms with Crippen LogP contribution in [0.5, 0.6) is 5.75 Å². The zero-order chi connectivity index (χ0) is 21.9. The molecule has 1 aliphatic heterocycles. The highest BCUT2D eigenvalue weighted by atomic mass is 79.9. The number of Topliss-reactive ketones (excluding diaryl/α,β-unsaturated/α-hetero) is 1. The molecule has 0 bridgehead atoms. The fraction of sp³-hybridized carbons (Fsp3) is 0.296. The van der Waals surface area contributed by atoms with Crippen LogP contribution in [-0.2, 0) is 4.79 Å². The standard InChI is InChI=1S/C27H26BrNO2/c1-15-20(28)11-17(12-23(15)31-4)26-25-19(13-27(2,3)14-22(25)30)24-18-8-6-5-7-16(18)9-10-21(24)29-26/h5-12,26,29H,13-14H2,1-4H3. The molecule has 0 fully saturated rings. The molecule has 4 heteroatoms. The van der Waals surface area contributed by atoms with Crippen molar-refractivity contribution in [2.75, 3.05) is 12.4 Å². The maximum absolute atomic E-state index is 13.5. The highest BCUT2D eigenvalue weighted by Crippen LogP contribution is 2.52. The van der Waals surface area contributed by atoms with E-state index in [4.69, 9.17) is 4.74 Å². The molecule has 3 nitrogen and oxygen atoms in total. The van der Waals surface area contributed by atoms with Crippen molar-refractivity contribution in [3.05, 3.63) is 75.3 Å². The van der Waals surface area contributed by atoms with Crippen molar-refractivity contribution in [2.45, 2.75) is 39.7 Å². The van der Waals surface area contributed by atoms with Crippen LogP contribution in [0.4, 0.5) is 5.69 Å². The number of ketones is 1. The van der Waals surface area contributed by atoms with Gasteiger partial charge in [-0.3, -0.25) is 4.79 Å². The van der Waals surface area contributed by atoms with Gasteiger partial charge in [0.1, 0.15) is 5.75 Å².